The fourth-order valence-corrected chi connectivity index (χ4v) is 2.80. The van der Waals surface area contributed by atoms with Gasteiger partial charge in [-0.05, 0) is 30.2 Å². The molecule has 0 spiro atoms. The van der Waals surface area contributed by atoms with E-state index in [4.69, 9.17) is 5.73 Å². The van der Waals surface area contributed by atoms with Crippen LogP contribution in [-0.4, -0.2) is 28.4 Å². The van der Waals surface area contributed by atoms with E-state index in [0.29, 0.717) is 6.54 Å². The van der Waals surface area contributed by atoms with Crippen LogP contribution >= 0.6 is 0 Å². The lowest BCUT2D eigenvalue weighted by molar-refractivity contribution is -0.142. The molecular formula is C13H14N2O3. The standard InChI is InChI=1S/C13H14N2O3/c14-5-9-10-11(9)13(18)15(12(10)17)6-7-2-1-3-8(16)4-7/h1-4,9-11,16H,5-6,14H2. The van der Waals surface area contributed by atoms with E-state index >= 15 is 0 Å². The van der Waals surface area contributed by atoms with Crippen LogP contribution in [0.15, 0.2) is 24.3 Å². The molecule has 2 unspecified atom stereocenters. The van der Waals surface area contributed by atoms with Crippen molar-refractivity contribution in [3.63, 3.8) is 0 Å². The highest BCUT2D eigenvalue weighted by Crippen LogP contribution is 2.52. The van der Waals surface area contributed by atoms with Crippen molar-refractivity contribution in [1.82, 2.24) is 4.90 Å². The third kappa shape index (κ3) is 1.51. The highest BCUT2D eigenvalue weighted by molar-refractivity contribution is 6.09. The number of aromatic hydroxyl groups is 1. The lowest BCUT2D eigenvalue weighted by atomic mass is 10.2. The van der Waals surface area contributed by atoms with Gasteiger partial charge in [-0.25, -0.2) is 0 Å². The lowest BCUT2D eigenvalue weighted by Crippen LogP contribution is -2.35. The summed E-state index contributed by atoms with van der Waals surface area (Å²) in [5.74, 6) is -0.450. The first-order valence-corrected chi connectivity index (χ1v) is 5.96. The number of nitrogens with zero attached hydrogens (tertiary/aromatic N) is 1. The Morgan fingerprint density at radius 2 is 1.89 bits per heavy atom. The summed E-state index contributed by atoms with van der Waals surface area (Å²) in [6.45, 7) is 0.628. The minimum Gasteiger partial charge on any atom is -0.508 e. The molecule has 1 aliphatic heterocycles. The summed E-state index contributed by atoms with van der Waals surface area (Å²) in [7, 11) is 0. The molecule has 3 rings (SSSR count). The largest absolute Gasteiger partial charge is 0.508 e. The molecule has 1 aromatic rings. The zero-order valence-corrected chi connectivity index (χ0v) is 9.74. The molecule has 1 aromatic carbocycles. The number of fused-ring (bicyclic) bond motifs is 1. The number of phenols is 1. The van der Waals surface area contributed by atoms with E-state index in [9.17, 15) is 14.7 Å². The molecular weight excluding hydrogens is 232 g/mol. The highest BCUT2D eigenvalue weighted by Gasteiger charge is 2.66. The maximum absolute atomic E-state index is 12.0. The number of nitrogens with two attached hydrogens (primary N) is 1. The van der Waals surface area contributed by atoms with Gasteiger partial charge in [0, 0.05) is 0 Å². The van der Waals surface area contributed by atoms with Crippen LogP contribution in [0.1, 0.15) is 5.56 Å². The van der Waals surface area contributed by atoms with E-state index in [0.717, 1.165) is 5.56 Å². The van der Waals surface area contributed by atoms with Gasteiger partial charge in [-0.1, -0.05) is 12.1 Å². The molecule has 2 atom stereocenters. The summed E-state index contributed by atoms with van der Waals surface area (Å²) in [6.07, 6.45) is 0. The van der Waals surface area contributed by atoms with Gasteiger partial charge in [-0.3, -0.25) is 14.5 Å². The van der Waals surface area contributed by atoms with Crippen LogP contribution in [0.25, 0.3) is 0 Å². The molecule has 2 aliphatic rings. The number of rotatable bonds is 3. The van der Waals surface area contributed by atoms with Crippen LogP contribution < -0.4 is 5.73 Å². The lowest BCUT2D eigenvalue weighted by Gasteiger charge is -2.18. The summed E-state index contributed by atoms with van der Waals surface area (Å²) in [4.78, 5) is 25.3. The molecule has 0 aromatic heterocycles. The van der Waals surface area contributed by atoms with E-state index < -0.39 is 0 Å². The van der Waals surface area contributed by atoms with Crippen LogP contribution in [0, 0.1) is 17.8 Å². The molecule has 0 radical (unpaired) electrons. The summed E-state index contributed by atoms with van der Waals surface area (Å²) in [5.41, 5.74) is 6.26. The summed E-state index contributed by atoms with van der Waals surface area (Å²) in [5, 5.41) is 9.35. The zero-order valence-electron chi connectivity index (χ0n) is 9.74. The third-order valence-electron chi connectivity index (χ3n) is 3.79. The third-order valence-corrected chi connectivity index (χ3v) is 3.79. The normalized spacial score (nSPS) is 29.6. The van der Waals surface area contributed by atoms with E-state index in [1.807, 2.05) is 0 Å². The molecule has 1 saturated heterocycles. The van der Waals surface area contributed by atoms with Gasteiger partial charge in [0.25, 0.3) is 0 Å². The Labute approximate surface area is 104 Å². The molecule has 94 valence electrons. The van der Waals surface area contributed by atoms with Gasteiger partial charge in [0.2, 0.25) is 11.8 Å². The topological polar surface area (TPSA) is 83.6 Å². The van der Waals surface area contributed by atoms with Crippen molar-refractivity contribution in [2.24, 2.45) is 23.5 Å². The fraction of sp³-hybridized carbons (Fsp3) is 0.385. The van der Waals surface area contributed by atoms with E-state index in [1.165, 1.54) is 4.90 Å². The van der Waals surface area contributed by atoms with Gasteiger partial charge in [-0.15, -0.1) is 0 Å². The van der Waals surface area contributed by atoms with E-state index in [1.54, 1.807) is 24.3 Å². The van der Waals surface area contributed by atoms with E-state index in [2.05, 4.69) is 0 Å². The molecule has 0 bridgehead atoms. The molecule has 2 fully saturated rings. The first-order chi connectivity index (χ1) is 8.63. The van der Waals surface area contributed by atoms with Gasteiger partial charge in [-0.2, -0.15) is 0 Å². The number of carbonyl (C=O) groups is 2. The quantitative estimate of drug-likeness (QED) is 0.740. The maximum Gasteiger partial charge on any atom is 0.233 e. The highest BCUT2D eigenvalue weighted by atomic mass is 16.3. The smallest absolute Gasteiger partial charge is 0.233 e. The van der Waals surface area contributed by atoms with Gasteiger partial charge < -0.3 is 10.8 Å². The molecule has 5 nitrogen and oxygen atoms in total. The van der Waals surface area contributed by atoms with Crippen molar-refractivity contribution in [2.75, 3.05) is 6.54 Å². The molecule has 1 aliphatic carbocycles. The second-order valence-corrected chi connectivity index (χ2v) is 4.88. The molecule has 3 N–H and O–H groups in total. The van der Waals surface area contributed by atoms with Crippen molar-refractivity contribution >= 4 is 11.8 Å². The molecule has 18 heavy (non-hydrogen) atoms. The summed E-state index contributed by atoms with van der Waals surface area (Å²) in [6, 6.07) is 6.59. The first-order valence-electron chi connectivity index (χ1n) is 5.96. The number of benzene rings is 1. The Morgan fingerprint density at radius 1 is 1.22 bits per heavy atom. The fourth-order valence-electron chi connectivity index (χ4n) is 2.80. The minimum absolute atomic E-state index is 0.0467. The Bertz CT molecular complexity index is 507. The SMILES string of the molecule is NCC1C2C(=O)N(Cc3cccc(O)c3)C(=O)C12. The number of amides is 2. The number of likely N-dealkylation sites (tertiary alicyclic amines) is 1. The Kier molecular flexibility index (Phi) is 2.38. The predicted octanol–water partition coefficient (Wildman–Crippen LogP) is 0.0819. The molecule has 5 heteroatoms. The van der Waals surface area contributed by atoms with Crippen molar-refractivity contribution < 1.29 is 14.7 Å². The Morgan fingerprint density at radius 3 is 2.44 bits per heavy atom. The van der Waals surface area contributed by atoms with Gasteiger partial charge in [0.15, 0.2) is 0 Å². The number of hydrogen-bond acceptors (Lipinski definition) is 4. The monoisotopic (exact) mass is 246 g/mol. The number of carbonyl (C=O) groups excluding carboxylic acids is 2. The summed E-state index contributed by atoms with van der Waals surface area (Å²) >= 11 is 0. The second kappa shape index (κ2) is 3.81. The Hall–Kier alpha value is -1.88. The molecule has 1 saturated carbocycles. The maximum atomic E-state index is 12.0. The first kappa shape index (κ1) is 11.2. The van der Waals surface area contributed by atoms with Gasteiger partial charge in [0.05, 0.1) is 18.4 Å². The molecule has 1 heterocycles. The minimum atomic E-state index is -0.195. The van der Waals surface area contributed by atoms with Crippen molar-refractivity contribution in [1.29, 1.82) is 0 Å². The van der Waals surface area contributed by atoms with Crippen LogP contribution in [0.2, 0.25) is 0 Å². The van der Waals surface area contributed by atoms with Crippen LogP contribution in [0.5, 0.6) is 5.75 Å². The van der Waals surface area contributed by atoms with Crippen molar-refractivity contribution in [2.45, 2.75) is 6.54 Å². The van der Waals surface area contributed by atoms with E-state index in [-0.39, 0.29) is 41.9 Å². The molecule has 2 amide bonds. The number of imide groups is 1. The van der Waals surface area contributed by atoms with Crippen LogP contribution in [0.4, 0.5) is 0 Å². The van der Waals surface area contributed by atoms with Crippen molar-refractivity contribution in [3.8, 4) is 5.75 Å². The van der Waals surface area contributed by atoms with Crippen molar-refractivity contribution in [3.05, 3.63) is 29.8 Å². The number of hydrogen-bond donors (Lipinski definition) is 2. The average molecular weight is 246 g/mol. The van der Waals surface area contributed by atoms with Gasteiger partial charge >= 0.3 is 0 Å². The predicted molar refractivity (Wildman–Crippen MR) is 63.2 cm³/mol. The van der Waals surface area contributed by atoms with Crippen LogP contribution in [0.3, 0.4) is 0 Å². The van der Waals surface area contributed by atoms with Crippen LogP contribution in [-0.2, 0) is 16.1 Å². The number of phenolic OH excluding ortho intramolecular Hbond substituents is 1. The second-order valence-electron chi connectivity index (χ2n) is 4.88. The Balaban J connectivity index is 1.76. The summed E-state index contributed by atoms with van der Waals surface area (Å²) < 4.78 is 0. The van der Waals surface area contributed by atoms with Gasteiger partial charge in [0.1, 0.15) is 5.75 Å². The zero-order chi connectivity index (χ0) is 12.9. The average Bonchev–Trinajstić information content (AvgIpc) is 3.03. The number of piperidine rings is 1.